The molecule has 1 saturated heterocycles. The second kappa shape index (κ2) is 6.51. The minimum atomic E-state index is -3.05. The highest BCUT2D eigenvalue weighted by atomic mass is 35.5. The lowest BCUT2D eigenvalue weighted by Gasteiger charge is -2.13. The van der Waals surface area contributed by atoms with E-state index in [2.05, 4.69) is 26.2 Å². The third kappa shape index (κ3) is 3.65. The summed E-state index contributed by atoms with van der Waals surface area (Å²) in [7, 11) is -3.05. The average Bonchev–Trinajstić information content (AvgIpc) is 3.21. The standard InChI is InChI=1S/C15H17ClN6O3S/c16-12-4-3-10(17-15(23)18-11-5-6-26(24,25)8-11)7-13(12)22-14(9-1-2-9)19-20-21-22/h3-4,7,9,11H,1-2,5-6,8H2,(H2,17,18,23). The zero-order valence-corrected chi connectivity index (χ0v) is 15.3. The first-order chi connectivity index (χ1) is 12.4. The van der Waals surface area contributed by atoms with Crippen molar-refractivity contribution in [3.05, 3.63) is 29.0 Å². The number of rotatable bonds is 4. The number of nitrogens with one attached hydrogen (secondary N) is 2. The van der Waals surface area contributed by atoms with Crippen LogP contribution in [-0.2, 0) is 9.84 Å². The van der Waals surface area contributed by atoms with E-state index in [1.807, 2.05) is 0 Å². The first-order valence-electron chi connectivity index (χ1n) is 8.27. The molecule has 2 aliphatic rings. The number of tetrazole rings is 1. The van der Waals surface area contributed by atoms with Crippen LogP contribution in [0.2, 0.25) is 5.02 Å². The number of halogens is 1. The molecule has 2 fully saturated rings. The minimum Gasteiger partial charge on any atom is -0.334 e. The van der Waals surface area contributed by atoms with Gasteiger partial charge in [0.25, 0.3) is 0 Å². The summed E-state index contributed by atoms with van der Waals surface area (Å²) in [4.78, 5) is 12.2. The molecule has 1 aromatic heterocycles. The summed E-state index contributed by atoms with van der Waals surface area (Å²) in [5.74, 6) is 1.17. The van der Waals surface area contributed by atoms with E-state index in [0.29, 0.717) is 28.7 Å². The van der Waals surface area contributed by atoms with E-state index in [-0.39, 0.29) is 17.5 Å². The topological polar surface area (TPSA) is 119 Å². The molecule has 1 atom stereocenters. The van der Waals surface area contributed by atoms with Gasteiger partial charge < -0.3 is 10.6 Å². The van der Waals surface area contributed by atoms with E-state index in [1.165, 1.54) is 0 Å². The third-order valence-electron chi connectivity index (χ3n) is 4.44. The van der Waals surface area contributed by atoms with Gasteiger partial charge in [0.15, 0.2) is 15.7 Å². The molecule has 9 nitrogen and oxygen atoms in total. The fourth-order valence-electron chi connectivity index (χ4n) is 2.98. The zero-order chi connectivity index (χ0) is 18.3. The number of nitrogens with zero attached hydrogens (tertiary/aromatic N) is 4. The van der Waals surface area contributed by atoms with Crippen LogP contribution in [-0.4, -0.2) is 52.2 Å². The number of urea groups is 1. The molecule has 1 aliphatic carbocycles. The number of aromatic nitrogens is 4. The van der Waals surface area contributed by atoms with Gasteiger partial charge in [-0.2, -0.15) is 4.68 Å². The van der Waals surface area contributed by atoms with E-state index in [4.69, 9.17) is 11.6 Å². The van der Waals surface area contributed by atoms with Crippen molar-refractivity contribution in [2.24, 2.45) is 0 Å². The van der Waals surface area contributed by atoms with Crippen LogP contribution in [0, 0.1) is 0 Å². The van der Waals surface area contributed by atoms with Gasteiger partial charge in [0.1, 0.15) is 0 Å². The summed E-state index contributed by atoms with van der Waals surface area (Å²) in [6, 6.07) is 4.19. The molecule has 0 bridgehead atoms. The molecule has 2 heterocycles. The number of benzene rings is 1. The second-order valence-corrected chi connectivity index (χ2v) is 9.22. The van der Waals surface area contributed by atoms with Crippen LogP contribution >= 0.6 is 11.6 Å². The molecule has 4 rings (SSSR count). The monoisotopic (exact) mass is 396 g/mol. The fourth-order valence-corrected chi connectivity index (χ4v) is 4.85. The predicted molar refractivity (Wildman–Crippen MR) is 95.4 cm³/mol. The molecule has 1 saturated carbocycles. The molecule has 0 radical (unpaired) electrons. The Morgan fingerprint density at radius 3 is 2.77 bits per heavy atom. The van der Waals surface area contributed by atoms with E-state index in [0.717, 1.165) is 18.7 Å². The Labute approximate surface area is 155 Å². The Morgan fingerprint density at radius 2 is 2.08 bits per heavy atom. The highest BCUT2D eigenvalue weighted by Gasteiger charge is 2.31. The first kappa shape index (κ1) is 17.2. The van der Waals surface area contributed by atoms with Gasteiger partial charge in [-0.1, -0.05) is 11.6 Å². The largest absolute Gasteiger partial charge is 0.334 e. The van der Waals surface area contributed by atoms with Gasteiger partial charge in [-0.05, 0) is 47.9 Å². The highest BCUT2D eigenvalue weighted by Crippen LogP contribution is 2.39. The lowest BCUT2D eigenvalue weighted by molar-refractivity contribution is 0.249. The minimum absolute atomic E-state index is 0.0261. The van der Waals surface area contributed by atoms with Gasteiger partial charge in [0, 0.05) is 17.6 Å². The second-order valence-electron chi connectivity index (χ2n) is 6.59. The highest BCUT2D eigenvalue weighted by molar-refractivity contribution is 7.91. The Morgan fingerprint density at radius 1 is 1.27 bits per heavy atom. The van der Waals surface area contributed by atoms with Gasteiger partial charge in [-0.25, -0.2) is 13.2 Å². The number of amides is 2. The smallest absolute Gasteiger partial charge is 0.319 e. The molecule has 138 valence electrons. The SMILES string of the molecule is O=C(Nc1ccc(Cl)c(-n2nnnc2C2CC2)c1)NC1CCS(=O)(=O)C1. The van der Waals surface area contributed by atoms with Gasteiger partial charge in [0.2, 0.25) is 0 Å². The summed E-state index contributed by atoms with van der Waals surface area (Å²) in [6.45, 7) is 0. The van der Waals surface area contributed by atoms with Crippen LogP contribution in [0.25, 0.3) is 5.69 Å². The Balaban J connectivity index is 1.49. The number of anilines is 1. The van der Waals surface area contributed by atoms with Crippen molar-refractivity contribution in [3.8, 4) is 5.69 Å². The lowest BCUT2D eigenvalue weighted by atomic mass is 10.2. The molecule has 1 aromatic carbocycles. The maximum Gasteiger partial charge on any atom is 0.319 e. The van der Waals surface area contributed by atoms with Gasteiger partial charge in [-0.15, -0.1) is 5.10 Å². The lowest BCUT2D eigenvalue weighted by Crippen LogP contribution is -2.38. The van der Waals surface area contributed by atoms with Crippen molar-refractivity contribution in [1.29, 1.82) is 0 Å². The first-order valence-corrected chi connectivity index (χ1v) is 10.5. The Hall–Kier alpha value is -2.20. The molecular formula is C15H17ClN6O3S. The molecule has 1 aliphatic heterocycles. The van der Waals surface area contributed by atoms with Crippen LogP contribution in [0.4, 0.5) is 10.5 Å². The molecule has 0 spiro atoms. The zero-order valence-electron chi connectivity index (χ0n) is 13.7. The number of hydrogen-bond acceptors (Lipinski definition) is 6. The summed E-state index contributed by atoms with van der Waals surface area (Å²) < 4.78 is 24.5. The molecule has 1 unspecified atom stereocenters. The maximum atomic E-state index is 12.2. The third-order valence-corrected chi connectivity index (χ3v) is 6.52. The van der Waals surface area contributed by atoms with Crippen molar-refractivity contribution in [2.45, 2.75) is 31.2 Å². The predicted octanol–water partition coefficient (Wildman–Crippen LogP) is 1.50. The van der Waals surface area contributed by atoms with Gasteiger partial charge in [0.05, 0.1) is 22.2 Å². The van der Waals surface area contributed by atoms with Crippen LogP contribution in [0.1, 0.15) is 31.0 Å². The number of carbonyl (C=O) groups is 1. The summed E-state index contributed by atoms with van der Waals surface area (Å²) in [5, 5.41) is 17.6. The molecule has 26 heavy (non-hydrogen) atoms. The molecule has 2 amide bonds. The van der Waals surface area contributed by atoms with Crippen LogP contribution < -0.4 is 10.6 Å². The quantitative estimate of drug-likeness (QED) is 0.808. The van der Waals surface area contributed by atoms with E-state index < -0.39 is 15.9 Å². The summed E-state index contributed by atoms with van der Waals surface area (Å²) in [5.41, 5.74) is 1.10. The van der Waals surface area contributed by atoms with Crippen molar-refractivity contribution >= 4 is 33.2 Å². The van der Waals surface area contributed by atoms with Crippen molar-refractivity contribution in [1.82, 2.24) is 25.5 Å². The Kier molecular flexibility index (Phi) is 4.31. The summed E-state index contributed by atoms with van der Waals surface area (Å²) in [6.07, 6.45) is 2.52. The van der Waals surface area contributed by atoms with Crippen molar-refractivity contribution in [2.75, 3.05) is 16.8 Å². The fraction of sp³-hybridized carbons (Fsp3) is 0.467. The van der Waals surface area contributed by atoms with Crippen LogP contribution in [0.5, 0.6) is 0 Å². The van der Waals surface area contributed by atoms with E-state index >= 15 is 0 Å². The summed E-state index contributed by atoms with van der Waals surface area (Å²) >= 11 is 6.28. The Bertz CT molecular complexity index is 956. The number of carbonyl (C=O) groups excluding carboxylic acids is 1. The van der Waals surface area contributed by atoms with Crippen molar-refractivity contribution in [3.63, 3.8) is 0 Å². The molecule has 11 heteroatoms. The average molecular weight is 397 g/mol. The van der Waals surface area contributed by atoms with Gasteiger partial charge >= 0.3 is 6.03 Å². The number of hydrogen-bond donors (Lipinski definition) is 2. The van der Waals surface area contributed by atoms with E-state index in [9.17, 15) is 13.2 Å². The van der Waals surface area contributed by atoms with Crippen LogP contribution in [0.15, 0.2) is 18.2 Å². The van der Waals surface area contributed by atoms with Crippen LogP contribution in [0.3, 0.4) is 0 Å². The normalized spacial score (nSPS) is 21.5. The molecular weight excluding hydrogens is 380 g/mol. The molecule has 2 N–H and O–H groups in total. The maximum absolute atomic E-state index is 12.2. The molecule has 2 aromatic rings. The van der Waals surface area contributed by atoms with Gasteiger partial charge in [-0.3, -0.25) is 0 Å². The van der Waals surface area contributed by atoms with Crippen molar-refractivity contribution < 1.29 is 13.2 Å². The van der Waals surface area contributed by atoms with E-state index in [1.54, 1.807) is 22.9 Å². The number of sulfone groups is 1.